The van der Waals surface area contributed by atoms with Crippen LogP contribution in [0.25, 0.3) is 0 Å². The maximum atomic E-state index is 11.5. The van der Waals surface area contributed by atoms with Gasteiger partial charge in [0.2, 0.25) is 5.91 Å². The summed E-state index contributed by atoms with van der Waals surface area (Å²) in [6.45, 7) is 5.33. The van der Waals surface area contributed by atoms with Crippen LogP contribution in [0.5, 0.6) is 0 Å². The van der Waals surface area contributed by atoms with Crippen LogP contribution in [0.3, 0.4) is 0 Å². The van der Waals surface area contributed by atoms with Crippen molar-refractivity contribution < 1.29 is 14.3 Å². The van der Waals surface area contributed by atoms with Gasteiger partial charge in [-0.25, -0.2) is 0 Å². The van der Waals surface area contributed by atoms with E-state index in [2.05, 4.69) is 10.6 Å². The van der Waals surface area contributed by atoms with Crippen LogP contribution in [0.4, 0.5) is 0 Å². The van der Waals surface area contributed by atoms with Gasteiger partial charge in [-0.05, 0) is 38.6 Å². The number of carbonyl (C=O) groups is 1. The molecule has 0 aromatic carbocycles. The first-order valence-corrected chi connectivity index (χ1v) is 6.79. The molecule has 1 atom stereocenters. The Bertz CT molecular complexity index is 232. The maximum absolute atomic E-state index is 11.5. The minimum atomic E-state index is 0.0125. The predicted molar refractivity (Wildman–Crippen MR) is 70.5 cm³/mol. The second-order valence-corrected chi connectivity index (χ2v) is 4.97. The highest BCUT2D eigenvalue weighted by Crippen LogP contribution is 2.28. The molecule has 1 aliphatic carbocycles. The van der Waals surface area contributed by atoms with Gasteiger partial charge in [-0.15, -0.1) is 0 Å². The van der Waals surface area contributed by atoms with Crippen LogP contribution in [0, 0.1) is 5.92 Å². The van der Waals surface area contributed by atoms with E-state index in [9.17, 15) is 4.79 Å². The van der Waals surface area contributed by atoms with E-state index in [1.165, 1.54) is 12.8 Å². The Morgan fingerprint density at radius 1 is 1.44 bits per heavy atom. The molecule has 5 nitrogen and oxygen atoms in total. The van der Waals surface area contributed by atoms with Gasteiger partial charge in [0, 0.05) is 26.4 Å². The fraction of sp³-hybridized carbons (Fsp3) is 0.923. The molecule has 1 fully saturated rings. The first-order valence-electron chi connectivity index (χ1n) is 6.79. The van der Waals surface area contributed by atoms with E-state index in [1.807, 2.05) is 6.92 Å². The van der Waals surface area contributed by atoms with E-state index in [0.717, 1.165) is 32.1 Å². The molecular weight excluding hydrogens is 232 g/mol. The molecule has 0 radical (unpaired) electrons. The average Bonchev–Trinajstić information content (AvgIpc) is 3.12. The fourth-order valence-electron chi connectivity index (χ4n) is 1.65. The van der Waals surface area contributed by atoms with Gasteiger partial charge in [0.25, 0.3) is 0 Å². The van der Waals surface area contributed by atoms with Gasteiger partial charge in [0.05, 0.1) is 13.2 Å². The summed E-state index contributed by atoms with van der Waals surface area (Å²) < 4.78 is 10.5. The number of rotatable bonds is 11. The number of carbonyl (C=O) groups excluding carboxylic acids is 1. The Labute approximate surface area is 110 Å². The van der Waals surface area contributed by atoms with Crippen molar-refractivity contribution in [1.82, 2.24) is 10.6 Å². The summed E-state index contributed by atoms with van der Waals surface area (Å²) in [7, 11) is 1.63. The minimum absolute atomic E-state index is 0.0125. The van der Waals surface area contributed by atoms with Crippen molar-refractivity contribution in [1.29, 1.82) is 0 Å². The van der Waals surface area contributed by atoms with Crippen molar-refractivity contribution in [3.8, 4) is 0 Å². The molecule has 2 N–H and O–H groups in total. The normalized spacial score (nSPS) is 16.6. The lowest BCUT2D eigenvalue weighted by molar-refractivity contribution is -0.121. The van der Waals surface area contributed by atoms with E-state index in [1.54, 1.807) is 7.11 Å². The number of hydrogen-bond donors (Lipinski definition) is 2. The Hall–Kier alpha value is -0.650. The predicted octanol–water partition coefficient (Wildman–Crippen LogP) is 0.544. The standard InChI is InChI=1S/C13H26N2O3/c1-11(9-17-2)15-13(16)8-14-6-3-7-18-10-12-4-5-12/h11-12,14H,3-10H2,1-2H3,(H,15,16). The molecule has 1 amide bonds. The molecule has 0 bridgehead atoms. The van der Waals surface area contributed by atoms with Gasteiger partial charge >= 0.3 is 0 Å². The third-order valence-electron chi connectivity index (χ3n) is 2.80. The summed E-state index contributed by atoms with van der Waals surface area (Å²) >= 11 is 0. The van der Waals surface area contributed by atoms with Crippen LogP contribution in [0.2, 0.25) is 0 Å². The van der Waals surface area contributed by atoms with E-state index in [0.29, 0.717) is 13.2 Å². The first-order chi connectivity index (χ1) is 8.72. The molecule has 0 aromatic rings. The summed E-state index contributed by atoms with van der Waals surface area (Å²) in [5.41, 5.74) is 0. The Morgan fingerprint density at radius 2 is 2.22 bits per heavy atom. The number of hydrogen-bond acceptors (Lipinski definition) is 4. The molecule has 0 heterocycles. The lowest BCUT2D eigenvalue weighted by Gasteiger charge is -2.13. The molecule has 0 aromatic heterocycles. The second kappa shape index (κ2) is 9.30. The zero-order valence-corrected chi connectivity index (χ0v) is 11.5. The highest BCUT2D eigenvalue weighted by molar-refractivity contribution is 5.78. The lowest BCUT2D eigenvalue weighted by Crippen LogP contribution is -2.41. The number of ether oxygens (including phenoxy) is 2. The number of amides is 1. The molecular formula is C13H26N2O3. The molecule has 1 rings (SSSR count). The van der Waals surface area contributed by atoms with Crippen molar-refractivity contribution in [2.45, 2.75) is 32.2 Å². The second-order valence-electron chi connectivity index (χ2n) is 4.97. The molecule has 0 spiro atoms. The summed E-state index contributed by atoms with van der Waals surface area (Å²) in [5.74, 6) is 0.837. The van der Waals surface area contributed by atoms with Gasteiger partial charge in [-0.1, -0.05) is 0 Å². The molecule has 1 aliphatic rings. The third kappa shape index (κ3) is 8.44. The molecule has 0 saturated heterocycles. The van der Waals surface area contributed by atoms with Crippen molar-refractivity contribution >= 4 is 5.91 Å². The Kier molecular flexibility index (Phi) is 7.96. The molecule has 0 aliphatic heterocycles. The molecule has 5 heteroatoms. The van der Waals surface area contributed by atoms with Crippen LogP contribution in [-0.4, -0.2) is 52.0 Å². The smallest absolute Gasteiger partial charge is 0.234 e. The summed E-state index contributed by atoms with van der Waals surface area (Å²) in [6, 6.07) is 0.0613. The highest BCUT2D eigenvalue weighted by Gasteiger charge is 2.20. The van der Waals surface area contributed by atoms with Crippen LogP contribution in [0.15, 0.2) is 0 Å². The van der Waals surface area contributed by atoms with Crippen molar-refractivity contribution in [2.24, 2.45) is 5.92 Å². The summed E-state index contributed by atoms with van der Waals surface area (Å²) in [6.07, 6.45) is 3.61. The highest BCUT2D eigenvalue weighted by atomic mass is 16.5. The lowest BCUT2D eigenvalue weighted by atomic mass is 10.3. The maximum Gasteiger partial charge on any atom is 0.234 e. The average molecular weight is 258 g/mol. The van der Waals surface area contributed by atoms with Gasteiger partial charge in [-0.2, -0.15) is 0 Å². The number of methoxy groups -OCH3 is 1. The minimum Gasteiger partial charge on any atom is -0.383 e. The van der Waals surface area contributed by atoms with Crippen LogP contribution in [0.1, 0.15) is 26.2 Å². The van der Waals surface area contributed by atoms with Crippen LogP contribution in [-0.2, 0) is 14.3 Å². The fourth-order valence-corrected chi connectivity index (χ4v) is 1.65. The Morgan fingerprint density at radius 3 is 2.89 bits per heavy atom. The van der Waals surface area contributed by atoms with Gasteiger partial charge in [-0.3, -0.25) is 4.79 Å². The molecule has 1 unspecified atom stereocenters. The van der Waals surface area contributed by atoms with Crippen molar-refractivity contribution in [3.05, 3.63) is 0 Å². The van der Waals surface area contributed by atoms with Gasteiger partial charge in [0.1, 0.15) is 0 Å². The Balaban J connectivity index is 1.82. The zero-order valence-electron chi connectivity index (χ0n) is 11.5. The monoisotopic (exact) mass is 258 g/mol. The van der Waals surface area contributed by atoms with E-state index in [4.69, 9.17) is 9.47 Å². The largest absolute Gasteiger partial charge is 0.383 e. The van der Waals surface area contributed by atoms with E-state index < -0.39 is 0 Å². The third-order valence-corrected chi connectivity index (χ3v) is 2.80. The molecule has 1 saturated carbocycles. The first kappa shape index (κ1) is 15.4. The van der Waals surface area contributed by atoms with E-state index in [-0.39, 0.29) is 11.9 Å². The van der Waals surface area contributed by atoms with Gasteiger partial charge < -0.3 is 20.1 Å². The zero-order chi connectivity index (χ0) is 13.2. The van der Waals surface area contributed by atoms with E-state index >= 15 is 0 Å². The number of nitrogens with one attached hydrogen (secondary N) is 2. The van der Waals surface area contributed by atoms with Crippen LogP contribution >= 0.6 is 0 Å². The topological polar surface area (TPSA) is 59.6 Å². The molecule has 106 valence electrons. The summed E-state index contributed by atoms with van der Waals surface area (Å²) in [5, 5.41) is 5.95. The SMILES string of the molecule is COCC(C)NC(=O)CNCCCOCC1CC1. The van der Waals surface area contributed by atoms with Crippen molar-refractivity contribution in [2.75, 3.05) is 40.0 Å². The van der Waals surface area contributed by atoms with Gasteiger partial charge in [0.15, 0.2) is 0 Å². The van der Waals surface area contributed by atoms with Crippen LogP contribution < -0.4 is 10.6 Å². The molecule has 18 heavy (non-hydrogen) atoms. The quantitative estimate of drug-likeness (QED) is 0.531. The van der Waals surface area contributed by atoms with Crippen molar-refractivity contribution in [3.63, 3.8) is 0 Å². The summed E-state index contributed by atoms with van der Waals surface area (Å²) in [4.78, 5) is 11.5.